The maximum Gasteiger partial charge on any atom is 0.262 e. The van der Waals surface area contributed by atoms with Gasteiger partial charge in [-0.2, -0.15) is 5.26 Å². The van der Waals surface area contributed by atoms with E-state index < -0.39 is 5.91 Å². The third kappa shape index (κ3) is 6.20. The van der Waals surface area contributed by atoms with Gasteiger partial charge in [-0.3, -0.25) is 4.79 Å². The van der Waals surface area contributed by atoms with Crippen LogP contribution in [0.15, 0.2) is 29.8 Å². The molecule has 1 aromatic carbocycles. The lowest BCUT2D eigenvalue weighted by Gasteiger charge is -2.24. The Labute approximate surface area is 157 Å². The van der Waals surface area contributed by atoms with Crippen molar-refractivity contribution in [3.8, 4) is 6.07 Å². The van der Waals surface area contributed by atoms with Crippen molar-refractivity contribution in [3.63, 3.8) is 0 Å². The summed E-state index contributed by atoms with van der Waals surface area (Å²) in [6.45, 7) is 10.3. The Bertz CT molecular complexity index is 638. The smallest absolute Gasteiger partial charge is 0.262 e. The number of anilines is 1. The standard InChI is InChI=1S/C21H31N3O2/c1-5-11-24(12-6-2)19-9-7-18(8-10-19)17(4)20(13-22)21(26)23-14-16(3)15-25/h7-10,16,25H,5-6,11-12,14-15H2,1-4H3,(H,23,26)/b20-17+. The third-order valence-electron chi connectivity index (χ3n) is 4.29. The molecule has 0 radical (unpaired) electrons. The minimum atomic E-state index is -0.395. The number of nitriles is 1. The molecule has 5 heteroatoms. The number of aliphatic hydroxyl groups excluding tert-OH is 1. The number of allylic oxidation sites excluding steroid dienone is 1. The Morgan fingerprint density at radius 3 is 2.27 bits per heavy atom. The fraction of sp³-hybridized carbons (Fsp3) is 0.524. The Kier molecular flexibility index (Phi) is 9.46. The summed E-state index contributed by atoms with van der Waals surface area (Å²) in [5.41, 5.74) is 2.79. The molecule has 26 heavy (non-hydrogen) atoms. The zero-order valence-electron chi connectivity index (χ0n) is 16.4. The predicted molar refractivity (Wildman–Crippen MR) is 107 cm³/mol. The summed E-state index contributed by atoms with van der Waals surface area (Å²) in [4.78, 5) is 14.6. The van der Waals surface area contributed by atoms with E-state index in [-0.39, 0.29) is 18.1 Å². The summed E-state index contributed by atoms with van der Waals surface area (Å²) < 4.78 is 0. The number of carbonyl (C=O) groups excluding carboxylic acids is 1. The summed E-state index contributed by atoms with van der Waals surface area (Å²) >= 11 is 0. The summed E-state index contributed by atoms with van der Waals surface area (Å²) in [5, 5.41) is 21.2. The summed E-state index contributed by atoms with van der Waals surface area (Å²) in [5.74, 6) is -0.436. The largest absolute Gasteiger partial charge is 0.396 e. The van der Waals surface area contributed by atoms with Gasteiger partial charge in [0.25, 0.3) is 5.91 Å². The molecule has 5 nitrogen and oxygen atoms in total. The molecule has 0 bridgehead atoms. The molecular weight excluding hydrogens is 326 g/mol. The number of amides is 1. The van der Waals surface area contributed by atoms with Crippen molar-refractivity contribution in [1.29, 1.82) is 5.26 Å². The van der Waals surface area contributed by atoms with E-state index >= 15 is 0 Å². The molecule has 0 heterocycles. The Balaban J connectivity index is 2.98. The van der Waals surface area contributed by atoms with E-state index in [4.69, 9.17) is 5.11 Å². The first kappa shape index (κ1) is 21.7. The lowest BCUT2D eigenvalue weighted by atomic mass is 10.0. The molecule has 0 aliphatic rings. The van der Waals surface area contributed by atoms with Crippen LogP contribution < -0.4 is 10.2 Å². The fourth-order valence-corrected chi connectivity index (χ4v) is 2.70. The zero-order valence-corrected chi connectivity index (χ0v) is 16.4. The number of nitrogens with one attached hydrogen (secondary N) is 1. The minimum absolute atomic E-state index is 0.00164. The maximum atomic E-state index is 12.3. The van der Waals surface area contributed by atoms with Crippen molar-refractivity contribution < 1.29 is 9.90 Å². The zero-order chi connectivity index (χ0) is 19.5. The SMILES string of the molecule is CCCN(CCC)c1ccc(/C(C)=C(\C#N)C(=O)NCC(C)CO)cc1. The molecule has 0 aliphatic heterocycles. The van der Waals surface area contributed by atoms with E-state index in [0.717, 1.165) is 37.2 Å². The molecule has 0 fully saturated rings. The maximum absolute atomic E-state index is 12.3. The molecule has 1 aromatic rings. The van der Waals surface area contributed by atoms with Crippen molar-refractivity contribution in [1.82, 2.24) is 5.32 Å². The third-order valence-corrected chi connectivity index (χ3v) is 4.29. The second-order valence-corrected chi connectivity index (χ2v) is 6.64. The highest BCUT2D eigenvalue weighted by Crippen LogP contribution is 2.23. The number of rotatable bonds is 10. The first-order valence-corrected chi connectivity index (χ1v) is 9.33. The highest BCUT2D eigenvalue weighted by atomic mass is 16.3. The van der Waals surface area contributed by atoms with E-state index in [2.05, 4.69) is 24.1 Å². The molecule has 1 amide bonds. The Hall–Kier alpha value is -2.32. The van der Waals surface area contributed by atoms with E-state index in [0.29, 0.717) is 12.1 Å². The van der Waals surface area contributed by atoms with Crippen LogP contribution in [-0.4, -0.2) is 37.3 Å². The van der Waals surface area contributed by atoms with Gasteiger partial charge >= 0.3 is 0 Å². The normalized spacial score (nSPS) is 12.8. The van der Waals surface area contributed by atoms with E-state index in [9.17, 15) is 10.1 Å². The summed E-state index contributed by atoms with van der Waals surface area (Å²) in [6.07, 6.45) is 2.18. The lowest BCUT2D eigenvalue weighted by molar-refractivity contribution is -0.117. The van der Waals surface area contributed by atoms with Gasteiger partial charge in [0, 0.05) is 31.9 Å². The number of hydrogen-bond donors (Lipinski definition) is 2. The molecule has 1 rings (SSSR count). The highest BCUT2D eigenvalue weighted by Gasteiger charge is 2.15. The monoisotopic (exact) mass is 357 g/mol. The summed E-state index contributed by atoms with van der Waals surface area (Å²) in [7, 11) is 0. The first-order chi connectivity index (χ1) is 12.5. The number of benzene rings is 1. The predicted octanol–water partition coefficient (Wildman–Crippen LogP) is 3.35. The average molecular weight is 357 g/mol. The fourth-order valence-electron chi connectivity index (χ4n) is 2.70. The molecule has 2 N–H and O–H groups in total. The van der Waals surface area contributed by atoms with Crippen molar-refractivity contribution in [2.75, 3.05) is 31.1 Å². The van der Waals surface area contributed by atoms with Crippen molar-refractivity contribution >= 4 is 17.2 Å². The summed E-state index contributed by atoms with van der Waals surface area (Å²) in [6, 6.07) is 10.0. The Morgan fingerprint density at radius 2 is 1.81 bits per heavy atom. The van der Waals surface area contributed by atoms with Gasteiger partial charge in [-0.15, -0.1) is 0 Å². The van der Waals surface area contributed by atoms with Gasteiger partial charge in [0.2, 0.25) is 0 Å². The van der Waals surface area contributed by atoms with Crippen LogP contribution in [0.3, 0.4) is 0 Å². The van der Waals surface area contributed by atoms with Crippen LogP contribution in [0.5, 0.6) is 0 Å². The molecule has 1 unspecified atom stereocenters. The topological polar surface area (TPSA) is 76.4 Å². The van der Waals surface area contributed by atoms with Crippen LogP contribution in [0.4, 0.5) is 5.69 Å². The van der Waals surface area contributed by atoms with E-state index in [1.165, 1.54) is 0 Å². The number of hydrogen-bond acceptors (Lipinski definition) is 4. The molecule has 0 saturated heterocycles. The van der Waals surface area contributed by atoms with E-state index in [1.54, 1.807) is 6.92 Å². The molecular formula is C21H31N3O2. The molecule has 0 spiro atoms. The quantitative estimate of drug-likeness (QED) is 0.497. The van der Waals surface area contributed by atoms with Crippen LogP contribution in [0.1, 0.15) is 46.1 Å². The lowest BCUT2D eigenvalue weighted by Crippen LogP contribution is -2.30. The molecule has 0 aromatic heterocycles. The van der Waals surface area contributed by atoms with Crippen molar-refractivity contribution in [2.24, 2.45) is 5.92 Å². The second-order valence-electron chi connectivity index (χ2n) is 6.64. The number of nitrogens with zero attached hydrogens (tertiary/aromatic N) is 2. The van der Waals surface area contributed by atoms with Gasteiger partial charge in [-0.1, -0.05) is 32.9 Å². The van der Waals surface area contributed by atoms with Crippen LogP contribution in [-0.2, 0) is 4.79 Å². The van der Waals surface area contributed by atoms with Crippen LogP contribution in [0, 0.1) is 17.2 Å². The van der Waals surface area contributed by atoms with Crippen LogP contribution in [0.2, 0.25) is 0 Å². The molecule has 1 atom stereocenters. The minimum Gasteiger partial charge on any atom is -0.396 e. The molecule has 142 valence electrons. The van der Waals surface area contributed by atoms with Crippen molar-refractivity contribution in [2.45, 2.75) is 40.5 Å². The highest BCUT2D eigenvalue weighted by molar-refractivity contribution is 6.04. The van der Waals surface area contributed by atoms with Gasteiger partial charge in [-0.25, -0.2) is 0 Å². The van der Waals surface area contributed by atoms with E-state index in [1.807, 2.05) is 37.3 Å². The first-order valence-electron chi connectivity index (χ1n) is 9.33. The van der Waals surface area contributed by atoms with Crippen LogP contribution in [0.25, 0.3) is 5.57 Å². The van der Waals surface area contributed by atoms with Gasteiger partial charge in [0.15, 0.2) is 0 Å². The van der Waals surface area contributed by atoms with Gasteiger partial charge in [0.05, 0.1) is 0 Å². The molecule has 0 saturated carbocycles. The Morgan fingerprint density at radius 1 is 1.23 bits per heavy atom. The van der Waals surface area contributed by atoms with Crippen molar-refractivity contribution in [3.05, 3.63) is 35.4 Å². The number of aliphatic hydroxyl groups is 1. The number of carbonyl (C=O) groups is 1. The van der Waals surface area contributed by atoms with Gasteiger partial charge < -0.3 is 15.3 Å². The van der Waals surface area contributed by atoms with Gasteiger partial charge in [-0.05, 0) is 49.0 Å². The van der Waals surface area contributed by atoms with Gasteiger partial charge in [0.1, 0.15) is 11.6 Å². The molecule has 0 aliphatic carbocycles. The second kappa shape index (κ2) is 11.3. The average Bonchev–Trinajstić information content (AvgIpc) is 2.66. The van der Waals surface area contributed by atoms with Crippen LogP contribution >= 0.6 is 0 Å².